The summed E-state index contributed by atoms with van der Waals surface area (Å²) in [6, 6.07) is 12.6. The van der Waals surface area contributed by atoms with Crippen molar-refractivity contribution >= 4 is 34.1 Å². The predicted molar refractivity (Wildman–Crippen MR) is 121 cm³/mol. The Bertz CT molecular complexity index is 1090. The third-order valence-corrected chi connectivity index (χ3v) is 6.17. The van der Waals surface area contributed by atoms with Gasteiger partial charge >= 0.3 is 0 Å². The number of amides is 2. The first kappa shape index (κ1) is 20.9. The Morgan fingerprint density at radius 3 is 2.58 bits per heavy atom. The van der Waals surface area contributed by atoms with E-state index in [1.165, 1.54) is 6.07 Å². The molecule has 3 aromatic rings. The lowest BCUT2D eigenvalue weighted by Crippen LogP contribution is -2.45. The topological polar surface area (TPSA) is 68.4 Å². The summed E-state index contributed by atoms with van der Waals surface area (Å²) in [7, 11) is 1.86. The van der Waals surface area contributed by atoms with Gasteiger partial charge in [-0.3, -0.25) is 9.59 Å². The van der Waals surface area contributed by atoms with Gasteiger partial charge in [0.25, 0.3) is 5.91 Å². The van der Waals surface area contributed by atoms with Crippen LogP contribution < -0.4 is 10.2 Å². The number of hydrogen-bond acceptors (Lipinski definition) is 3. The lowest BCUT2D eigenvalue weighted by Gasteiger charge is -2.37. The number of H-pyrrole nitrogens is 1. The van der Waals surface area contributed by atoms with E-state index in [1.54, 1.807) is 19.1 Å². The zero-order valence-electron chi connectivity index (χ0n) is 18.0. The zero-order chi connectivity index (χ0) is 22.1. The number of halogens is 1. The summed E-state index contributed by atoms with van der Waals surface area (Å²) in [6.45, 7) is 5.17. The number of carbonyl (C=O) groups excluding carboxylic acids is 2. The molecule has 162 valence electrons. The smallest absolute Gasteiger partial charge is 0.272 e. The van der Waals surface area contributed by atoms with Crippen molar-refractivity contribution in [3.63, 3.8) is 0 Å². The lowest BCUT2D eigenvalue weighted by molar-refractivity contribution is -0.129. The fraction of sp³-hybridized carbons (Fsp3) is 0.333. The van der Waals surface area contributed by atoms with Gasteiger partial charge in [-0.2, -0.15) is 0 Å². The van der Waals surface area contributed by atoms with Crippen LogP contribution in [0.5, 0.6) is 0 Å². The van der Waals surface area contributed by atoms with E-state index in [0.717, 1.165) is 37.2 Å². The van der Waals surface area contributed by atoms with E-state index in [1.807, 2.05) is 43.1 Å². The third-order valence-electron chi connectivity index (χ3n) is 6.17. The van der Waals surface area contributed by atoms with Crippen LogP contribution >= 0.6 is 0 Å². The van der Waals surface area contributed by atoms with Crippen LogP contribution in [0.2, 0.25) is 0 Å². The molecule has 6 nitrogen and oxygen atoms in total. The SMILES string of the molecule is CC(=O)N(C)C1CCN(c2cccc(NC(=O)c3cc4c(F)ccc(C)c4[nH]3)c2)CC1. The molecular formula is C24H27FN4O2. The molecule has 0 atom stereocenters. The maximum Gasteiger partial charge on any atom is 0.272 e. The monoisotopic (exact) mass is 422 g/mol. The predicted octanol–water partition coefficient (Wildman–Crippen LogP) is 4.31. The molecule has 0 spiro atoms. The van der Waals surface area contributed by atoms with Crippen molar-refractivity contribution in [3.8, 4) is 0 Å². The highest BCUT2D eigenvalue weighted by Gasteiger charge is 2.24. The summed E-state index contributed by atoms with van der Waals surface area (Å²) in [5, 5.41) is 3.32. The van der Waals surface area contributed by atoms with Crippen LogP contribution in [0, 0.1) is 12.7 Å². The number of fused-ring (bicyclic) bond motifs is 1. The maximum absolute atomic E-state index is 14.1. The Labute approximate surface area is 181 Å². The highest BCUT2D eigenvalue weighted by Crippen LogP contribution is 2.26. The maximum atomic E-state index is 14.1. The number of aromatic amines is 1. The number of nitrogens with one attached hydrogen (secondary N) is 2. The molecule has 0 aliphatic carbocycles. The van der Waals surface area contributed by atoms with E-state index in [-0.39, 0.29) is 23.7 Å². The van der Waals surface area contributed by atoms with Gasteiger partial charge in [-0.15, -0.1) is 0 Å². The number of hydrogen-bond donors (Lipinski definition) is 2. The van der Waals surface area contributed by atoms with Crippen LogP contribution in [0.25, 0.3) is 10.9 Å². The number of aryl methyl sites for hydroxylation is 1. The molecule has 7 heteroatoms. The minimum atomic E-state index is -0.350. The standard InChI is InChI=1S/C24H27FN4O2/c1-15-7-8-21(25)20-14-22(27-23(15)20)24(31)26-17-5-4-6-19(13-17)29-11-9-18(10-12-29)28(3)16(2)30/h4-8,13-14,18,27H,9-12H2,1-3H3,(H,26,31). The lowest BCUT2D eigenvalue weighted by atomic mass is 10.0. The summed E-state index contributed by atoms with van der Waals surface area (Å²) in [6.07, 6.45) is 1.82. The van der Waals surface area contributed by atoms with Gasteiger partial charge in [0.2, 0.25) is 5.91 Å². The van der Waals surface area contributed by atoms with Gasteiger partial charge in [0.1, 0.15) is 11.5 Å². The number of anilines is 2. The van der Waals surface area contributed by atoms with E-state index in [4.69, 9.17) is 0 Å². The van der Waals surface area contributed by atoms with Crippen molar-refractivity contribution in [3.05, 3.63) is 59.5 Å². The molecule has 2 aromatic carbocycles. The summed E-state index contributed by atoms with van der Waals surface area (Å²) in [5.41, 5.74) is 3.55. The molecule has 2 heterocycles. The first-order valence-electron chi connectivity index (χ1n) is 10.5. The quantitative estimate of drug-likeness (QED) is 0.658. The molecule has 1 fully saturated rings. The second kappa shape index (κ2) is 8.41. The summed E-state index contributed by atoms with van der Waals surface area (Å²) >= 11 is 0. The third kappa shape index (κ3) is 4.26. The molecule has 2 amide bonds. The number of rotatable bonds is 4. The summed E-state index contributed by atoms with van der Waals surface area (Å²) < 4.78 is 14.1. The van der Waals surface area contributed by atoms with Gasteiger partial charge in [0.15, 0.2) is 0 Å². The van der Waals surface area contributed by atoms with Crippen LogP contribution in [0.3, 0.4) is 0 Å². The minimum Gasteiger partial charge on any atom is -0.371 e. The number of piperidine rings is 1. The van der Waals surface area contributed by atoms with Crippen molar-refractivity contribution in [2.45, 2.75) is 32.7 Å². The van der Waals surface area contributed by atoms with E-state index in [0.29, 0.717) is 22.3 Å². The van der Waals surface area contributed by atoms with Gasteiger partial charge in [-0.05, 0) is 55.7 Å². The highest BCUT2D eigenvalue weighted by molar-refractivity contribution is 6.06. The van der Waals surface area contributed by atoms with Crippen LogP contribution in [-0.2, 0) is 4.79 Å². The van der Waals surface area contributed by atoms with Crippen LogP contribution in [0.4, 0.5) is 15.8 Å². The minimum absolute atomic E-state index is 0.0928. The van der Waals surface area contributed by atoms with Crippen LogP contribution in [-0.4, -0.2) is 47.9 Å². The van der Waals surface area contributed by atoms with Gasteiger partial charge in [-0.1, -0.05) is 12.1 Å². The summed E-state index contributed by atoms with van der Waals surface area (Å²) in [5.74, 6) is -0.569. The molecule has 1 saturated heterocycles. The molecule has 2 N–H and O–H groups in total. The van der Waals surface area contributed by atoms with Crippen molar-refractivity contribution in [2.24, 2.45) is 0 Å². The average Bonchev–Trinajstić information content (AvgIpc) is 3.23. The number of nitrogens with zero attached hydrogens (tertiary/aromatic N) is 2. The van der Waals surface area contributed by atoms with Crippen molar-refractivity contribution in [1.82, 2.24) is 9.88 Å². The second-order valence-corrected chi connectivity index (χ2v) is 8.19. The molecule has 1 aliphatic heterocycles. The van der Waals surface area contributed by atoms with E-state index in [2.05, 4.69) is 15.2 Å². The van der Waals surface area contributed by atoms with Crippen LogP contribution in [0.1, 0.15) is 35.8 Å². The van der Waals surface area contributed by atoms with E-state index < -0.39 is 0 Å². The molecule has 0 saturated carbocycles. The normalized spacial score (nSPS) is 14.6. The van der Waals surface area contributed by atoms with Crippen molar-refractivity contribution < 1.29 is 14.0 Å². The first-order chi connectivity index (χ1) is 14.8. The van der Waals surface area contributed by atoms with Gasteiger partial charge in [0.05, 0.1) is 5.52 Å². The molecule has 4 rings (SSSR count). The average molecular weight is 423 g/mol. The molecule has 0 unspecified atom stereocenters. The molecule has 0 radical (unpaired) electrons. The number of benzene rings is 2. The van der Waals surface area contributed by atoms with Gasteiger partial charge < -0.3 is 20.1 Å². The molecular weight excluding hydrogens is 395 g/mol. The summed E-state index contributed by atoms with van der Waals surface area (Å²) in [4.78, 5) is 31.5. The zero-order valence-corrected chi connectivity index (χ0v) is 18.0. The number of aromatic nitrogens is 1. The Balaban J connectivity index is 1.46. The Kier molecular flexibility index (Phi) is 5.67. The molecule has 0 bridgehead atoms. The van der Waals surface area contributed by atoms with Gasteiger partial charge in [-0.25, -0.2) is 4.39 Å². The van der Waals surface area contributed by atoms with Gasteiger partial charge in [0, 0.05) is 49.9 Å². The molecule has 31 heavy (non-hydrogen) atoms. The molecule has 1 aromatic heterocycles. The fourth-order valence-electron chi connectivity index (χ4n) is 4.19. The Morgan fingerprint density at radius 2 is 1.90 bits per heavy atom. The largest absolute Gasteiger partial charge is 0.371 e. The second-order valence-electron chi connectivity index (χ2n) is 8.19. The fourth-order valence-corrected chi connectivity index (χ4v) is 4.19. The Hall–Kier alpha value is -3.35. The number of carbonyl (C=O) groups is 2. The Morgan fingerprint density at radius 1 is 1.16 bits per heavy atom. The van der Waals surface area contributed by atoms with E-state index in [9.17, 15) is 14.0 Å². The van der Waals surface area contributed by atoms with Crippen LogP contribution in [0.15, 0.2) is 42.5 Å². The van der Waals surface area contributed by atoms with Crippen molar-refractivity contribution in [1.29, 1.82) is 0 Å². The molecule has 1 aliphatic rings. The van der Waals surface area contributed by atoms with E-state index >= 15 is 0 Å². The highest BCUT2D eigenvalue weighted by atomic mass is 19.1. The first-order valence-corrected chi connectivity index (χ1v) is 10.5. The van der Waals surface area contributed by atoms with Crippen molar-refractivity contribution in [2.75, 3.05) is 30.4 Å².